The molecule has 0 amide bonds. The predicted octanol–water partition coefficient (Wildman–Crippen LogP) is 13.0. The molecule has 0 saturated heterocycles. The number of hydrogen-bond acceptors (Lipinski definition) is 3. The Hall–Kier alpha value is -7.56. The van der Waals surface area contributed by atoms with Gasteiger partial charge in [-0.25, -0.2) is 9.97 Å². The summed E-state index contributed by atoms with van der Waals surface area (Å²) in [5, 5.41) is 2.49. The number of fused-ring (bicyclic) bond motifs is 12. The SMILES string of the molecule is c1ccc(-c2nc(-c3ccc(-n4c5ccccc5c5ccccc54)cc3)cc(-c3ccc4c(c3)C3(c5ccccc5Oc5ccccc53)c3ccccc3-4)n2)cc1. The first-order valence-electron chi connectivity index (χ1n) is 19.4. The minimum absolute atomic E-state index is 0.561. The molecule has 4 heteroatoms. The molecule has 0 bridgehead atoms. The van der Waals surface area contributed by atoms with Crippen molar-refractivity contribution in [1.82, 2.24) is 14.5 Å². The Morgan fingerprint density at radius 3 is 1.60 bits per heavy atom. The second-order valence-corrected chi connectivity index (χ2v) is 14.9. The van der Waals surface area contributed by atoms with Gasteiger partial charge >= 0.3 is 0 Å². The van der Waals surface area contributed by atoms with Gasteiger partial charge in [0.25, 0.3) is 0 Å². The second kappa shape index (κ2) is 12.2. The summed E-state index contributed by atoms with van der Waals surface area (Å²) in [7, 11) is 0. The average molecular weight is 728 g/mol. The Kier molecular flexibility index (Phi) is 6.81. The van der Waals surface area contributed by atoms with E-state index in [1.54, 1.807) is 0 Å². The molecule has 0 radical (unpaired) electrons. The quantitative estimate of drug-likeness (QED) is 0.181. The molecule has 12 rings (SSSR count). The zero-order valence-corrected chi connectivity index (χ0v) is 30.8. The van der Waals surface area contributed by atoms with E-state index in [1.807, 2.05) is 18.2 Å². The van der Waals surface area contributed by atoms with Crippen LogP contribution in [0.1, 0.15) is 22.3 Å². The smallest absolute Gasteiger partial charge is 0.160 e. The maximum absolute atomic E-state index is 6.59. The molecule has 266 valence electrons. The lowest BCUT2D eigenvalue weighted by molar-refractivity contribution is 0.436. The lowest BCUT2D eigenvalue weighted by Gasteiger charge is -2.39. The molecule has 57 heavy (non-hydrogen) atoms. The van der Waals surface area contributed by atoms with Gasteiger partial charge in [-0.1, -0.05) is 152 Å². The van der Waals surface area contributed by atoms with E-state index in [2.05, 4.69) is 187 Å². The van der Waals surface area contributed by atoms with Crippen molar-refractivity contribution in [1.29, 1.82) is 0 Å². The van der Waals surface area contributed by atoms with E-state index in [9.17, 15) is 0 Å². The molecule has 10 aromatic rings. The number of benzene rings is 8. The summed E-state index contributed by atoms with van der Waals surface area (Å²) in [6, 6.07) is 71.1. The van der Waals surface area contributed by atoms with Crippen molar-refractivity contribution < 1.29 is 4.74 Å². The molecular weight excluding hydrogens is 695 g/mol. The average Bonchev–Trinajstić information content (AvgIpc) is 3.77. The van der Waals surface area contributed by atoms with Crippen molar-refractivity contribution in [3.05, 3.63) is 222 Å². The molecule has 3 heterocycles. The van der Waals surface area contributed by atoms with Crippen molar-refractivity contribution in [3.8, 4) is 62.2 Å². The van der Waals surface area contributed by atoms with E-state index in [0.717, 1.165) is 56.4 Å². The number of ether oxygens (including phenoxy) is 1. The van der Waals surface area contributed by atoms with Crippen molar-refractivity contribution >= 4 is 21.8 Å². The topological polar surface area (TPSA) is 39.9 Å². The number of aromatic nitrogens is 3. The van der Waals surface area contributed by atoms with Crippen LogP contribution in [0.25, 0.3) is 72.5 Å². The Labute approximate surface area is 330 Å². The summed E-state index contributed by atoms with van der Waals surface area (Å²) < 4.78 is 8.94. The van der Waals surface area contributed by atoms with Crippen LogP contribution in [0.2, 0.25) is 0 Å². The third-order valence-electron chi connectivity index (χ3n) is 11.9. The first-order chi connectivity index (χ1) is 28.3. The van der Waals surface area contributed by atoms with Crippen molar-refractivity contribution in [2.75, 3.05) is 0 Å². The lowest BCUT2D eigenvalue weighted by atomic mass is 9.66. The molecule has 2 aromatic heterocycles. The lowest BCUT2D eigenvalue weighted by Crippen LogP contribution is -2.32. The fraction of sp³-hybridized carbons (Fsp3) is 0.0189. The standard InChI is InChI=1S/C53H33N3O/c1-2-14-35(15-3-1)52-54-46(34-26-29-37(30-27-34)56-48-22-10-5-17-40(48)41-18-6-11-23-49(41)56)33-47(55-52)36-28-31-39-38-16-4-7-19-42(38)53(45(39)32-36)43-20-8-12-24-50(43)57-51-25-13-9-21-44(51)53/h1-33H. The van der Waals surface area contributed by atoms with Crippen LogP contribution in [0.3, 0.4) is 0 Å². The first-order valence-corrected chi connectivity index (χ1v) is 19.4. The third kappa shape index (κ3) is 4.62. The van der Waals surface area contributed by atoms with E-state index in [1.165, 1.54) is 44.1 Å². The minimum Gasteiger partial charge on any atom is -0.457 e. The Balaban J connectivity index is 1.05. The summed E-state index contributed by atoms with van der Waals surface area (Å²) in [5.41, 5.74) is 14.9. The highest BCUT2D eigenvalue weighted by molar-refractivity contribution is 6.09. The summed E-state index contributed by atoms with van der Waals surface area (Å²) in [6.07, 6.45) is 0. The van der Waals surface area contributed by atoms with Gasteiger partial charge in [0, 0.05) is 44.3 Å². The minimum atomic E-state index is -0.561. The zero-order valence-electron chi connectivity index (χ0n) is 30.8. The molecule has 2 aliphatic rings. The molecule has 4 nitrogen and oxygen atoms in total. The second-order valence-electron chi connectivity index (χ2n) is 14.9. The fourth-order valence-corrected chi connectivity index (χ4v) is 9.45. The van der Waals surface area contributed by atoms with Gasteiger partial charge in [-0.3, -0.25) is 0 Å². The van der Waals surface area contributed by atoms with Gasteiger partial charge in [0.2, 0.25) is 0 Å². The Bertz CT molecular complexity index is 3120. The zero-order chi connectivity index (χ0) is 37.5. The number of nitrogens with zero attached hydrogens (tertiary/aromatic N) is 3. The van der Waals surface area contributed by atoms with Crippen molar-refractivity contribution in [2.24, 2.45) is 0 Å². The van der Waals surface area contributed by atoms with Gasteiger partial charge in [-0.2, -0.15) is 0 Å². The molecule has 1 aliphatic heterocycles. The maximum Gasteiger partial charge on any atom is 0.160 e. The van der Waals surface area contributed by atoms with Gasteiger partial charge in [0.1, 0.15) is 11.5 Å². The Morgan fingerprint density at radius 2 is 0.912 bits per heavy atom. The molecule has 0 unspecified atom stereocenters. The molecule has 1 spiro atoms. The van der Waals surface area contributed by atoms with Crippen LogP contribution in [-0.4, -0.2) is 14.5 Å². The largest absolute Gasteiger partial charge is 0.457 e. The highest BCUT2D eigenvalue weighted by Crippen LogP contribution is 2.62. The van der Waals surface area contributed by atoms with Gasteiger partial charge in [0.15, 0.2) is 5.82 Å². The van der Waals surface area contributed by atoms with Crippen molar-refractivity contribution in [3.63, 3.8) is 0 Å². The van der Waals surface area contributed by atoms with Crippen LogP contribution in [0.5, 0.6) is 11.5 Å². The van der Waals surface area contributed by atoms with Crippen molar-refractivity contribution in [2.45, 2.75) is 5.41 Å². The summed E-state index contributed by atoms with van der Waals surface area (Å²) in [5.74, 6) is 2.45. The van der Waals surface area contributed by atoms with Gasteiger partial charge in [-0.15, -0.1) is 0 Å². The summed E-state index contributed by atoms with van der Waals surface area (Å²) >= 11 is 0. The van der Waals surface area contributed by atoms with Gasteiger partial charge < -0.3 is 9.30 Å². The van der Waals surface area contributed by atoms with Crippen LogP contribution in [-0.2, 0) is 5.41 Å². The van der Waals surface area contributed by atoms with E-state index < -0.39 is 5.41 Å². The molecule has 0 N–H and O–H groups in total. The monoisotopic (exact) mass is 727 g/mol. The van der Waals surface area contributed by atoms with E-state index in [0.29, 0.717) is 5.82 Å². The highest BCUT2D eigenvalue weighted by atomic mass is 16.5. The maximum atomic E-state index is 6.59. The van der Waals surface area contributed by atoms with Crippen LogP contribution in [0.4, 0.5) is 0 Å². The molecule has 0 atom stereocenters. The molecule has 0 fully saturated rings. The number of hydrogen-bond donors (Lipinski definition) is 0. The van der Waals surface area contributed by atoms with Crippen LogP contribution < -0.4 is 4.74 Å². The third-order valence-corrected chi connectivity index (χ3v) is 11.9. The highest BCUT2D eigenvalue weighted by Gasteiger charge is 2.51. The molecule has 1 aliphatic carbocycles. The molecular formula is C53H33N3O. The van der Waals surface area contributed by atoms with Gasteiger partial charge in [-0.05, 0) is 70.8 Å². The predicted molar refractivity (Wildman–Crippen MR) is 230 cm³/mol. The summed E-state index contributed by atoms with van der Waals surface area (Å²) in [6.45, 7) is 0. The van der Waals surface area contributed by atoms with Crippen LogP contribution in [0, 0.1) is 0 Å². The summed E-state index contributed by atoms with van der Waals surface area (Å²) in [4.78, 5) is 10.5. The fourth-order valence-electron chi connectivity index (χ4n) is 9.45. The van der Waals surface area contributed by atoms with Crippen LogP contribution in [0.15, 0.2) is 200 Å². The Morgan fingerprint density at radius 1 is 0.386 bits per heavy atom. The van der Waals surface area contributed by atoms with E-state index in [-0.39, 0.29) is 0 Å². The molecule has 0 saturated carbocycles. The normalized spacial score (nSPS) is 13.2. The first kappa shape index (κ1) is 31.8. The number of para-hydroxylation sites is 4. The number of rotatable bonds is 4. The van der Waals surface area contributed by atoms with E-state index in [4.69, 9.17) is 14.7 Å². The van der Waals surface area contributed by atoms with Gasteiger partial charge in [0.05, 0.1) is 27.8 Å². The van der Waals surface area contributed by atoms with Crippen LogP contribution >= 0.6 is 0 Å². The van der Waals surface area contributed by atoms with E-state index >= 15 is 0 Å². The molecule has 8 aromatic carbocycles.